The van der Waals surface area contributed by atoms with Crippen LogP contribution < -0.4 is 0 Å². The SMILES string of the molecule is C=C(C)C(=O)OCOC1CSCCO1. The van der Waals surface area contributed by atoms with Gasteiger partial charge in [-0.05, 0) is 6.92 Å². The molecule has 1 aliphatic heterocycles. The van der Waals surface area contributed by atoms with Crippen LogP contribution in [-0.2, 0) is 19.0 Å². The molecule has 1 atom stereocenters. The molecular weight excluding hydrogens is 204 g/mol. The van der Waals surface area contributed by atoms with Gasteiger partial charge in [-0.15, -0.1) is 0 Å². The zero-order valence-corrected chi connectivity index (χ0v) is 8.97. The fourth-order valence-electron chi connectivity index (χ4n) is 0.849. The minimum atomic E-state index is -0.437. The van der Waals surface area contributed by atoms with Crippen molar-refractivity contribution in [2.75, 3.05) is 24.9 Å². The van der Waals surface area contributed by atoms with Crippen LogP contribution in [0.15, 0.2) is 12.2 Å². The number of rotatable bonds is 4. The first-order chi connectivity index (χ1) is 6.70. The summed E-state index contributed by atoms with van der Waals surface area (Å²) in [6, 6.07) is 0. The molecule has 1 fully saturated rings. The number of ether oxygens (including phenoxy) is 3. The van der Waals surface area contributed by atoms with E-state index >= 15 is 0 Å². The lowest BCUT2D eigenvalue weighted by Gasteiger charge is -2.21. The molecule has 80 valence electrons. The average molecular weight is 218 g/mol. The van der Waals surface area contributed by atoms with Crippen LogP contribution in [0, 0.1) is 0 Å². The molecule has 1 aliphatic rings. The van der Waals surface area contributed by atoms with Crippen molar-refractivity contribution in [1.82, 2.24) is 0 Å². The van der Waals surface area contributed by atoms with Crippen molar-refractivity contribution in [1.29, 1.82) is 0 Å². The quantitative estimate of drug-likeness (QED) is 0.402. The van der Waals surface area contributed by atoms with E-state index in [9.17, 15) is 4.79 Å². The number of hydrogen-bond acceptors (Lipinski definition) is 5. The Bertz CT molecular complexity index is 211. The molecule has 14 heavy (non-hydrogen) atoms. The molecule has 0 amide bonds. The smallest absolute Gasteiger partial charge is 0.335 e. The molecule has 5 heteroatoms. The molecule has 0 aromatic carbocycles. The summed E-state index contributed by atoms with van der Waals surface area (Å²) in [6.07, 6.45) is -0.258. The van der Waals surface area contributed by atoms with Gasteiger partial charge in [-0.1, -0.05) is 6.58 Å². The monoisotopic (exact) mass is 218 g/mol. The van der Waals surface area contributed by atoms with Crippen LogP contribution in [0.4, 0.5) is 0 Å². The average Bonchev–Trinajstić information content (AvgIpc) is 2.19. The van der Waals surface area contributed by atoms with E-state index < -0.39 is 5.97 Å². The molecule has 1 rings (SSSR count). The van der Waals surface area contributed by atoms with E-state index in [2.05, 4.69) is 6.58 Å². The third-order valence-corrected chi connectivity index (χ3v) is 2.54. The summed E-state index contributed by atoms with van der Waals surface area (Å²) in [5.74, 6) is 1.34. The van der Waals surface area contributed by atoms with Crippen molar-refractivity contribution in [3.63, 3.8) is 0 Å². The number of esters is 1. The van der Waals surface area contributed by atoms with Gasteiger partial charge in [0, 0.05) is 17.1 Å². The van der Waals surface area contributed by atoms with Gasteiger partial charge in [0.2, 0.25) is 0 Å². The highest BCUT2D eigenvalue weighted by Crippen LogP contribution is 2.13. The van der Waals surface area contributed by atoms with Crippen molar-refractivity contribution in [3.05, 3.63) is 12.2 Å². The van der Waals surface area contributed by atoms with E-state index in [-0.39, 0.29) is 13.1 Å². The molecular formula is C9H14O4S. The lowest BCUT2D eigenvalue weighted by atomic mass is 10.4. The van der Waals surface area contributed by atoms with E-state index in [1.54, 1.807) is 18.7 Å². The summed E-state index contributed by atoms with van der Waals surface area (Å²) in [7, 11) is 0. The molecule has 0 saturated carbocycles. The fraction of sp³-hybridized carbons (Fsp3) is 0.667. The maximum atomic E-state index is 10.9. The molecule has 0 radical (unpaired) electrons. The van der Waals surface area contributed by atoms with Crippen molar-refractivity contribution in [3.8, 4) is 0 Å². The summed E-state index contributed by atoms with van der Waals surface area (Å²) < 4.78 is 15.2. The Kier molecular flexibility index (Phi) is 5.00. The zero-order chi connectivity index (χ0) is 10.4. The van der Waals surface area contributed by atoms with Gasteiger partial charge in [-0.2, -0.15) is 11.8 Å². The minimum Gasteiger partial charge on any atom is -0.435 e. The van der Waals surface area contributed by atoms with Gasteiger partial charge in [0.15, 0.2) is 13.1 Å². The number of thioether (sulfide) groups is 1. The van der Waals surface area contributed by atoms with E-state index in [1.807, 2.05) is 0 Å². The van der Waals surface area contributed by atoms with Crippen LogP contribution in [-0.4, -0.2) is 37.2 Å². The Balaban J connectivity index is 2.08. The Morgan fingerprint density at radius 2 is 2.50 bits per heavy atom. The van der Waals surface area contributed by atoms with Crippen LogP contribution in [0.2, 0.25) is 0 Å². The topological polar surface area (TPSA) is 44.8 Å². The van der Waals surface area contributed by atoms with Crippen molar-refractivity contribution >= 4 is 17.7 Å². The van der Waals surface area contributed by atoms with Crippen LogP contribution in [0.5, 0.6) is 0 Å². The summed E-state index contributed by atoms with van der Waals surface area (Å²) in [5, 5.41) is 0. The Morgan fingerprint density at radius 1 is 1.71 bits per heavy atom. The number of carbonyl (C=O) groups is 1. The summed E-state index contributed by atoms with van der Waals surface area (Å²) >= 11 is 1.76. The maximum Gasteiger partial charge on any atom is 0.335 e. The maximum absolute atomic E-state index is 10.9. The standard InChI is InChI=1S/C9H14O4S/c1-7(2)9(10)13-6-12-8-5-14-4-3-11-8/h8H,1,3-6H2,2H3. The van der Waals surface area contributed by atoms with Crippen molar-refractivity contribution in [2.45, 2.75) is 13.2 Å². The second-order valence-corrected chi connectivity index (χ2v) is 4.02. The minimum absolute atomic E-state index is 0.0725. The Hall–Kier alpha value is -0.520. The molecule has 1 unspecified atom stereocenters. The van der Waals surface area contributed by atoms with E-state index in [0.29, 0.717) is 12.2 Å². The third-order valence-electron chi connectivity index (χ3n) is 1.58. The lowest BCUT2D eigenvalue weighted by Crippen LogP contribution is -2.27. The van der Waals surface area contributed by atoms with E-state index in [0.717, 1.165) is 11.5 Å². The van der Waals surface area contributed by atoms with Gasteiger partial charge in [0.25, 0.3) is 0 Å². The zero-order valence-electron chi connectivity index (χ0n) is 8.15. The summed E-state index contributed by atoms with van der Waals surface area (Å²) in [5.41, 5.74) is 0.368. The molecule has 0 bridgehead atoms. The van der Waals surface area contributed by atoms with Crippen molar-refractivity contribution in [2.24, 2.45) is 0 Å². The summed E-state index contributed by atoms with van der Waals surface area (Å²) in [6.45, 7) is 5.66. The van der Waals surface area contributed by atoms with Crippen LogP contribution >= 0.6 is 11.8 Å². The number of hydrogen-bond donors (Lipinski definition) is 0. The van der Waals surface area contributed by atoms with Crippen molar-refractivity contribution < 1.29 is 19.0 Å². The van der Waals surface area contributed by atoms with Gasteiger partial charge in [-0.3, -0.25) is 0 Å². The van der Waals surface area contributed by atoms with Gasteiger partial charge in [0.05, 0.1) is 6.61 Å². The molecule has 0 spiro atoms. The van der Waals surface area contributed by atoms with Crippen LogP contribution in [0.1, 0.15) is 6.92 Å². The first kappa shape index (κ1) is 11.6. The summed E-state index contributed by atoms with van der Waals surface area (Å²) in [4.78, 5) is 10.9. The largest absolute Gasteiger partial charge is 0.435 e. The predicted molar refractivity (Wildman–Crippen MR) is 53.9 cm³/mol. The second kappa shape index (κ2) is 6.06. The van der Waals surface area contributed by atoms with Gasteiger partial charge in [0.1, 0.15) is 0 Å². The predicted octanol–water partition coefficient (Wildman–Crippen LogP) is 1.17. The molecule has 0 aliphatic carbocycles. The third kappa shape index (κ3) is 4.13. The van der Waals surface area contributed by atoms with Crippen LogP contribution in [0.25, 0.3) is 0 Å². The second-order valence-electron chi connectivity index (χ2n) is 2.87. The Labute approximate surface area is 87.6 Å². The van der Waals surface area contributed by atoms with Crippen LogP contribution in [0.3, 0.4) is 0 Å². The molecule has 0 N–H and O–H groups in total. The Morgan fingerprint density at radius 3 is 3.07 bits per heavy atom. The molecule has 0 aromatic rings. The van der Waals surface area contributed by atoms with Gasteiger partial charge in [-0.25, -0.2) is 4.79 Å². The normalized spacial score (nSPS) is 21.6. The van der Waals surface area contributed by atoms with E-state index in [1.165, 1.54) is 0 Å². The number of carbonyl (C=O) groups excluding carboxylic acids is 1. The first-order valence-electron chi connectivity index (χ1n) is 4.33. The highest BCUT2D eigenvalue weighted by Gasteiger charge is 2.14. The first-order valence-corrected chi connectivity index (χ1v) is 5.49. The van der Waals surface area contributed by atoms with E-state index in [4.69, 9.17) is 14.2 Å². The fourth-order valence-corrected chi connectivity index (χ4v) is 1.61. The molecule has 4 nitrogen and oxygen atoms in total. The molecule has 1 heterocycles. The highest BCUT2D eigenvalue weighted by molar-refractivity contribution is 7.99. The molecule has 0 aromatic heterocycles. The lowest BCUT2D eigenvalue weighted by molar-refractivity contribution is -0.189. The van der Waals surface area contributed by atoms with Gasteiger partial charge < -0.3 is 14.2 Å². The van der Waals surface area contributed by atoms with Gasteiger partial charge >= 0.3 is 5.97 Å². The molecule has 1 saturated heterocycles. The highest BCUT2D eigenvalue weighted by atomic mass is 32.2.